The highest BCUT2D eigenvalue weighted by atomic mass is 32.2. The van der Waals surface area contributed by atoms with E-state index in [1.165, 1.54) is 11.8 Å². The highest BCUT2D eigenvalue weighted by Gasteiger charge is 2.16. The Morgan fingerprint density at radius 2 is 1.83 bits per heavy atom. The highest BCUT2D eigenvalue weighted by Crippen LogP contribution is 2.31. The quantitative estimate of drug-likeness (QED) is 0.642. The summed E-state index contributed by atoms with van der Waals surface area (Å²) in [5.74, 6) is -0.212. The van der Waals surface area contributed by atoms with Crippen LogP contribution in [0.15, 0.2) is 59.2 Å². The Balaban J connectivity index is 1.74. The molecule has 1 amide bonds. The summed E-state index contributed by atoms with van der Waals surface area (Å²) in [4.78, 5) is 29.2. The van der Waals surface area contributed by atoms with Crippen LogP contribution in [0.25, 0.3) is 0 Å². The first-order valence-corrected chi connectivity index (χ1v) is 10.7. The third-order valence-corrected chi connectivity index (χ3v) is 5.38. The largest absolute Gasteiger partial charge is 0.466 e. The van der Waals surface area contributed by atoms with Crippen molar-refractivity contribution in [2.45, 2.75) is 27.2 Å². The molecule has 2 aromatic rings. The van der Waals surface area contributed by atoms with Crippen molar-refractivity contribution in [2.75, 3.05) is 23.0 Å². The molecule has 0 bridgehead atoms. The van der Waals surface area contributed by atoms with E-state index in [1.807, 2.05) is 56.3 Å². The van der Waals surface area contributed by atoms with E-state index in [1.54, 1.807) is 13.0 Å². The second-order valence-electron chi connectivity index (χ2n) is 6.85. The van der Waals surface area contributed by atoms with Crippen molar-refractivity contribution < 1.29 is 14.3 Å². The van der Waals surface area contributed by atoms with Crippen LogP contribution in [0.1, 0.15) is 24.5 Å². The lowest BCUT2D eigenvalue weighted by Crippen LogP contribution is -2.16. The maximum Gasteiger partial charge on any atom is 0.311 e. The van der Waals surface area contributed by atoms with Crippen molar-refractivity contribution in [1.29, 1.82) is 0 Å². The number of rotatable bonds is 6. The van der Waals surface area contributed by atoms with Crippen LogP contribution in [0.4, 0.5) is 17.1 Å². The van der Waals surface area contributed by atoms with Gasteiger partial charge in [-0.05, 0) is 50.1 Å². The third-order valence-electron chi connectivity index (χ3n) is 4.46. The molecule has 6 nitrogen and oxygen atoms in total. The number of carbonyl (C=O) groups excluding carboxylic acids is 2. The molecule has 30 heavy (non-hydrogen) atoms. The predicted molar refractivity (Wildman–Crippen MR) is 123 cm³/mol. The van der Waals surface area contributed by atoms with Gasteiger partial charge in [-0.2, -0.15) is 0 Å². The van der Waals surface area contributed by atoms with E-state index < -0.39 is 0 Å². The van der Waals surface area contributed by atoms with Gasteiger partial charge < -0.3 is 15.4 Å². The molecule has 1 aliphatic heterocycles. The second-order valence-corrected chi connectivity index (χ2v) is 7.84. The van der Waals surface area contributed by atoms with Crippen molar-refractivity contribution in [1.82, 2.24) is 0 Å². The standard InChI is InChI=1S/C23H25N3O3S/c1-4-29-22(28)13-17-12-21(25-19-11-6-5-10-18(19)24-17)30-14-20(27)26-23-15(2)8-7-9-16(23)3/h5-12,24H,4,13-14H2,1-3H3,(H,26,27). The molecule has 1 heterocycles. The molecule has 2 aromatic carbocycles. The SMILES string of the molecule is CCOC(=O)CC1=CC(SCC(=O)Nc2c(C)cccc2C)=Nc2ccccc2N1. The number of nitrogens with zero attached hydrogens (tertiary/aromatic N) is 1. The number of fused-ring (bicyclic) bond motifs is 1. The first-order chi connectivity index (χ1) is 14.5. The molecule has 0 aromatic heterocycles. The zero-order chi connectivity index (χ0) is 21.5. The summed E-state index contributed by atoms with van der Waals surface area (Å²) in [6, 6.07) is 13.5. The maximum atomic E-state index is 12.5. The fraction of sp³-hybridized carbons (Fsp3) is 0.261. The number of esters is 1. The van der Waals surface area contributed by atoms with Crippen LogP contribution < -0.4 is 10.6 Å². The first kappa shape index (κ1) is 21.6. The van der Waals surface area contributed by atoms with Gasteiger partial charge in [-0.3, -0.25) is 9.59 Å². The summed E-state index contributed by atoms with van der Waals surface area (Å²) in [7, 11) is 0. The van der Waals surface area contributed by atoms with Crippen LogP contribution >= 0.6 is 11.8 Å². The molecule has 0 spiro atoms. The highest BCUT2D eigenvalue weighted by molar-refractivity contribution is 8.14. The second kappa shape index (κ2) is 10.1. The van der Waals surface area contributed by atoms with Crippen LogP contribution in [0.5, 0.6) is 0 Å². The van der Waals surface area contributed by atoms with Gasteiger partial charge in [0.15, 0.2) is 0 Å². The number of anilines is 2. The summed E-state index contributed by atoms with van der Waals surface area (Å²) in [6.45, 7) is 6.05. The Morgan fingerprint density at radius 3 is 2.57 bits per heavy atom. The summed E-state index contributed by atoms with van der Waals surface area (Å²) in [5.41, 5.74) is 5.13. The zero-order valence-corrected chi connectivity index (χ0v) is 18.1. The number of hydrogen-bond donors (Lipinski definition) is 2. The molecule has 0 atom stereocenters. The van der Waals surface area contributed by atoms with Crippen LogP contribution in [-0.4, -0.2) is 29.3 Å². The number of ether oxygens (including phenoxy) is 1. The lowest BCUT2D eigenvalue weighted by molar-refractivity contribution is -0.142. The third kappa shape index (κ3) is 5.73. The fourth-order valence-corrected chi connectivity index (χ4v) is 3.79. The predicted octanol–water partition coefficient (Wildman–Crippen LogP) is 4.97. The van der Waals surface area contributed by atoms with E-state index >= 15 is 0 Å². The number of para-hydroxylation sites is 3. The van der Waals surface area contributed by atoms with Crippen molar-refractivity contribution in [3.05, 3.63) is 65.4 Å². The molecular formula is C23H25N3O3S. The lowest BCUT2D eigenvalue weighted by Gasteiger charge is -2.11. The van der Waals surface area contributed by atoms with E-state index in [4.69, 9.17) is 4.74 Å². The van der Waals surface area contributed by atoms with Crippen LogP contribution in [-0.2, 0) is 14.3 Å². The van der Waals surface area contributed by atoms with E-state index in [0.717, 1.165) is 28.2 Å². The summed E-state index contributed by atoms with van der Waals surface area (Å²) < 4.78 is 5.07. The van der Waals surface area contributed by atoms with Gasteiger partial charge in [0.25, 0.3) is 0 Å². The minimum Gasteiger partial charge on any atom is -0.466 e. The Hall–Kier alpha value is -3.06. The molecular weight excluding hydrogens is 398 g/mol. The molecule has 3 rings (SSSR count). The lowest BCUT2D eigenvalue weighted by atomic mass is 10.1. The molecule has 156 valence electrons. The average Bonchev–Trinajstić information content (AvgIpc) is 2.88. The number of amides is 1. The summed E-state index contributed by atoms with van der Waals surface area (Å²) >= 11 is 1.33. The molecule has 0 aliphatic carbocycles. The van der Waals surface area contributed by atoms with Crippen molar-refractivity contribution in [3.63, 3.8) is 0 Å². The molecule has 0 fully saturated rings. The van der Waals surface area contributed by atoms with Gasteiger partial charge in [0, 0.05) is 11.4 Å². The van der Waals surface area contributed by atoms with Gasteiger partial charge in [-0.1, -0.05) is 42.1 Å². The number of nitrogens with one attached hydrogen (secondary N) is 2. The average molecular weight is 424 g/mol. The van der Waals surface area contributed by atoms with E-state index in [9.17, 15) is 9.59 Å². The molecule has 0 saturated heterocycles. The number of benzene rings is 2. The Labute approximate surface area is 180 Å². The van der Waals surface area contributed by atoms with Crippen molar-refractivity contribution >= 4 is 45.7 Å². The molecule has 0 saturated carbocycles. The number of aliphatic imine (C=N–C) groups is 1. The van der Waals surface area contributed by atoms with E-state index in [2.05, 4.69) is 15.6 Å². The van der Waals surface area contributed by atoms with Crippen LogP contribution in [0, 0.1) is 13.8 Å². The van der Waals surface area contributed by atoms with Gasteiger partial charge in [-0.25, -0.2) is 4.99 Å². The minimum absolute atomic E-state index is 0.106. The van der Waals surface area contributed by atoms with Crippen LogP contribution in [0.3, 0.4) is 0 Å². The smallest absolute Gasteiger partial charge is 0.311 e. The molecule has 2 N–H and O–H groups in total. The van der Waals surface area contributed by atoms with Gasteiger partial charge in [0.05, 0.1) is 35.2 Å². The summed E-state index contributed by atoms with van der Waals surface area (Å²) in [6.07, 6.45) is 1.91. The Kier molecular flexibility index (Phi) is 7.30. The number of aryl methyl sites for hydroxylation is 2. The number of hydrogen-bond acceptors (Lipinski definition) is 6. The van der Waals surface area contributed by atoms with E-state index in [-0.39, 0.29) is 24.1 Å². The van der Waals surface area contributed by atoms with Crippen molar-refractivity contribution in [3.8, 4) is 0 Å². The molecule has 7 heteroatoms. The normalized spacial score (nSPS) is 12.6. The fourth-order valence-electron chi connectivity index (χ4n) is 3.05. The van der Waals surface area contributed by atoms with Crippen molar-refractivity contribution in [2.24, 2.45) is 4.99 Å². The molecule has 0 unspecified atom stereocenters. The summed E-state index contributed by atoms with van der Waals surface area (Å²) in [5, 5.41) is 6.90. The van der Waals surface area contributed by atoms with Gasteiger partial charge in [0.2, 0.25) is 5.91 Å². The Bertz CT molecular complexity index is 994. The molecule has 0 radical (unpaired) electrons. The topological polar surface area (TPSA) is 79.8 Å². The zero-order valence-electron chi connectivity index (χ0n) is 17.3. The van der Waals surface area contributed by atoms with Gasteiger partial charge in [-0.15, -0.1) is 0 Å². The van der Waals surface area contributed by atoms with E-state index in [0.29, 0.717) is 17.3 Å². The monoisotopic (exact) mass is 423 g/mol. The number of carbonyl (C=O) groups is 2. The minimum atomic E-state index is -0.312. The maximum absolute atomic E-state index is 12.5. The van der Waals surface area contributed by atoms with Gasteiger partial charge in [0.1, 0.15) is 0 Å². The first-order valence-electron chi connectivity index (χ1n) is 9.76. The van der Waals surface area contributed by atoms with Gasteiger partial charge >= 0.3 is 5.97 Å². The number of thioether (sulfide) groups is 1. The molecule has 1 aliphatic rings. The Morgan fingerprint density at radius 1 is 1.10 bits per heavy atom. The van der Waals surface area contributed by atoms with Crippen LogP contribution in [0.2, 0.25) is 0 Å².